The minimum Gasteiger partial charge on any atom is -0.486 e. The van der Waals surface area contributed by atoms with E-state index in [1.165, 1.54) is 24.1 Å². The van der Waals surface area contributed by atoms with Gasteiger partial charge in [-0.1, -0.05) is 49.4 Å². The molecule has 3 aromatic carbocycles. The van der Waals surface area contributed by atoms with Crippen molar-refractivity contribution in [2.45, 2.75) is 37.8 Å². The molecule has 2 amide bonds. The largest absolute Gasteiger partial charge is 0.486 e. The van der Waals surface area contributed by atoms with Gasteiger partial charge in [-0.2, -0.15) is 0 Å². The van der Waals surface area contributed by atoms with Crippen LogP contribution in [0.15, 0.2) is 77.7 Å². The number of carbonyl (C=O) groups excluding carboxylic acids is 2. The number of hydrogen-bond acceptors (Lipinski definition) is 6. The van der Waals surface area contributed by atoms with Crippen molar-refractivity contribution in [2.75, 3.05) is 31.1 Å². The van der Waals surface area contributed by atoms with Crippen LogP contribution in [0, 0.1) is 6.92 Å². The Labute approximate surface area is 229 Å². The zero-order valence-corrected chi connectivity index (χ0v) is 23.1. The molecule has 1 aliphatic rings. The molecule has 0 radical (unpaired) electrons. The van der Waals surface area contributed by atoms with Crippen LogP contribution in [-0.2, 0) is 26.2 Å². The third-order valence-corrected chi connectivity index (χ3v) is 8.45. The molecule has 9 nitrogen and oxygen atoms in total. The summed E-state index contributed by atoms with van der Waals surface area (Å²) in [6, 6.07) is 19.5. The number of benzene rings is 3. The number of nitrogens with one attached hydrogen (secondary N) is 1. The number of aryl methyl sites for hydroxylation is 1. The Morgan fingerprint density at radius 1 is 0.949 bits per heavy atom. The maximum atomic E-state index is 14.0. The molecule has 3 aromatic rings. The first-order valence-corrected chi connectivity index (χ1v) is 14.2. The minimum absolute atomic E-state index is 0.0384. The molecule has 39 heavy (non-hydrogen) atoms. The lowest BCUT2D eigenvalue weighted by atomic mass is 10.1. The molecular formula is C29H33N3O6S. The van der Waals surface area contributed by atoms with Crippen molar-refractivity contribution in [1.29, 1.82) is 0 Å². The summed E-state index contributed by atoms with van der Waals surface area (Å²) in [6.07, 6.45) is 0.354. The summed E-state index contributed by atoms with van der Waals surface area (Å²) in [7, 11) is -2.64. The van der Waals surface area contributed by atoms with E-state index in [0.717, 1.165) is 15.4 Å². The molecule has 4 rings (SSSR count). The third kappa shape index (κ3) is 6.17. The number of sulfonamides is 1. The second-order valence-electron chi connectivity index (χ2n) is 9.14. The lowest BCUT2D eigenvalue weighted by molar-refractivity contribution is -0.140. The van der Waals surface area contributed by atoms with Crippen LogP contribution in [0.25, 0.3) is 0 Å². The smallest absolute Gasteiger partial charge is 0.264 e. The van der Waals surface area contributed by atoms with Crippen molar-refractivity contribution >= 4 is 27.5 Å². The summed E-state index contributed by atoms with van der Waals surface area (Å²) in [6.45, 7) is 4.10. The number of amides is 2. The molecule has 0 aliphatic carbocycles. The number of carbonyl (C=O) groups is 2. The van der Waals surface area contributed by atoms with Crippen molar-refractivity contribution < 1.29 is 27.5 Å². The summed E-state index contributed by atoms with van der Waals surface area (Å²) < 4.78 is 40.2. The van der Waals surface area contributed by atoms with Gasteiger partial charge in [0.15, 0.2) is 11.5 Å². The van der Waals surface area contributed by atoms with Crippen molar-refractivity contribution in [2.24, 2.45) is 0 Å². The lowest BCUT2D eigenvalue weighted by Crippen LogP contribution is -2.51. The highest BCUT2D eigenvalue weighted by atomic mass is 32.2. The van der Waals surface area contributed by atoms with Crippen LogP contribution in [0.4, 0.5) is 5.69 Å². The molecule has 0 fully saturated rings. The van der Waals surface area contributed by atoms with Crippen LogP contribution < -0.4 is 19.1 Å². The van der Waals surface area contributed by atoms with E-state index < -0.39 is 28.5 Å². The monoisotopic (exact) mass is 551 g/mol. The average molecular weight is 552 g/mol. The number of anilines is 1. The number of hydrogen-bond donors (Lipinski definition) is 1. The molecular weight excluding hydrogens is 518 g/mol. The highest BCUT2D eigenvalue weighted by molar-refractivity contribution is 7.92. The predicted molar refractivity (Wildman–Crippen MR) is 148 cm³/mol. The number of likely N-dealkylation sites (N-methyl/N-ethyl adjacent to an activating group) is 1. The van der Waals surface area contributed by atoms with Gasteiger partial charge >= 0.3 is 0 Å². The SMILES string of the molecule is CCC(C(=O)NC)N(Cc1ccccc1C)C(=O)CN(c1ccc2c(c1)OCCO2)S(=O)(=O)c1ccccc1. The van der Waals surface area contributed by atoms with Crippen LogP contribution in [0.1, 0.15) is 24.5 Å². The molecule has 1 atom stereocenters. The summed E-state index contributed by atoms with van der Waals surface area (Å²) >= 11 is 0. The fraction of sp³-hybridized carbons (Fsp3) is 0.310. The first-order chi connectivity index (χ1) is 18.8. The van der Waals surface area contributed by atoms with Gasteiger partial charge in [0.25, 0.3) is 10.0 Å². The Bertz CT molecular complexity index is 1430. The van der Waals surface area contributed by atoms with Gasteiger partial charge in [0.1, 0.15) is 25.8 Å². The second-order valence-corrected chi connectivity index (χ2v) is 11.0. The molecule has 1 unspecified atom stereocenters. The molecule has 0 bridgehead atoms. The molecule has 0 spiro atoms. The summed E-state index contributed by atoms with van der Waals surface area (Å²) in [4.78, 5) is 28.3. The topological polar surface area (TPSA) is 105 Å². The van der Waals surface area contributed by atoms with Gasteiger partial charge in [-0.05, 0) is 48.7 Å². The Morgan fingerprint density at radius 3 is 2.28 bits per heavy atom. The fourth-order valence-corrected chi connectivity index (χ4v) is 5.92. The van der Waals surface area contributed by atoms with Crippen molar-refractivity contribution in [3.63, 3.8) is 0 Å². The van der Waals surface area contributed by atoms with Crippen molar-refractivity contribution in [3.8, 4) is 11.5 Å². The van der Waals surface area contributed by atoms with E-state index in [4.69, 9.17) is 9.47 Å². The molecule has 10 heteroatoms. The maximum Gasteiger partial charge on any atom is 0.264 e. The summed E-state index contributed by atoms with van der Waals surface area (Å²) in [5.74, 6) is 0.0626. The van der Waals surface area contributed by atoms with Crippen molar-refractivity contribution in [3.05, 3.63) is 83.9 Å². The molecule has 1 heterocycles. The summed E-state index contributed by atoms with van der Waals surface area (Å²) in [5.41, 5.74) is 2.08. The van der Waals surface area contributed by atoms with Gasteiger partial charge < -0.3 is 19.7 Å². The van der Waals surface area contributed by atoms with Crippen LogP contribution in [0.2, 0.25) is 0 Å². The van der Waals surface area contributed by atoms with Crippen LogP contribution in [0.3, 0.4) is 0 Å². The zero-order chi connectivity index (χ0) is 28.0. The third-order valence-electron chi connectivity index (χ3n) is 6.66. The van der Waals surface area contributed by atoms with E-state index in [0.29, 0.717) is 31.1 Å². The van der Waals surface area contributed by atoms with Crippen molar-refractivity contribution in [1.82, 2.24) is 10.2 Å². The van der Waals surface area contributed by atoms with Gasteiger partial charge in [-0.3, -0.25) is 13.9 Å². The molecule has 206 valence electrons. The van der Waals surface area contributed by atoms with Gasteiger partial charge in [-0.15, -0.1) is 0 Å². The molecule has 0 aromatic heterocycles. The number of ether oxygens (including phenoxy) is 2. The normalized spacial score (nSPS) is 13.3. The highest BCUT2D eigenvalue weighted by Gasteiger charge is 2.34. The van der Waals surface area contributed by atoms with Crippen LogP contribution >= 0.6 is 0 Å². The predicted octanol–water partition coefficient (Wildman–Crippen LogP) is 3.51. The molecule has 1 N–H and O–H groups in total. The second kappa shape index (κ2) is 12.2. The zero-order valence-electron chi connectivity index (χ0n) is 22.3. The first-order valence-electron chi connectivity index (χ1n) is 12.8. The van der Waals surface area contributed by atoms with E-state index in [1.54, 1.807) is 36.4 Å². The standard InChI is InChI=1S/C29H33N3O6S/c1-4-25(29(34)30-3)31(19-22-11-9-8-10-21(22)2)28(33)20-32(39(35,36)24-12-6-5-7-13-24)23-14-15-26-27(18-23)38-17-16-37-26/h5-15,18,25H,4,16-17,19-20H2,1-3H3,(H,30,34). The Hall–Kier alpha value is -4.05. The quantitative estimate of drug-likeness (QED) is 0.414. The minimum atomic E-state index is -4.16. The Balaban J connectivity index is 1.76. The van der Waals surface area contributed by atoms with Gasteiger partial charge in [0.2, 0.25) is 11.8 Å². The number of rotatable bonds is 10. The van der Waals surface area contributed by atoms with Crippen LogP contribution in [-0.4, -0.2) is 58.0 Å². The highest BCUT2D eigenvalue weighted by Crippen LogP contribution is 2.36. The first kappa shape index (κ1) is 28.0. The van der Waals surface area contributed by atoms with Gasteiger partial charge in [0, 0.05) is 19.7 Å². The fourth-order valence-electron chi connectivity index (χ4n) is 4.49. The summed E-state index contributed by atoms with van der Waals surface area (Å²) in [5, 5.41) is 2.63. The number of fused-ring (bicyclic) bond motifs is 1. The average Bonchev–Trinajstić information content (AvgIpc) is 2.96. The Morgan fingerprint density at radius 2 is 1.62 bits per heavy atom. The van der Waals surface area contributed by atoms with E-state index in [1.807, 2.05) is 38.1 Å². The van der Waals surface area contributed by atoms with Gasteiger partial charge in [-0.25, -0.2) is 8.42 Å². The molecule has 0 saturated carbocycles. The van der Waals surface area contributed by atoms with Gasteiger partial charge in [0.05, 0.1) is 10.6 Å². The lowest BCUT2D eigenvalue weighted by Gasteiger charge is -2.33. The van der Waals surface area contributed by atoms with Crippen LogP contribution in [0.5, 0.6) is 11.5 Å². The van der Waals surface area contributed by atoms with E-state index in [-0.39, 0.29) is 23.0 Å². The number of nitrogens with zero attached hydrogens (tertiary/aromatic N) is 2. The Kier molecular flexibility index (Phi) is 8.75. The van der Waals surface area contributed by atoms with E-state index in [2.05, 4.69) is 5.32 Å². The molecule has 0 saturated heterocycles. The van der Waals surface area contributed by atoms with E-state index in [9.17, 15) is 18.0 Å². The molecule has 1 aliphatic heterocycles. The van der Waals surface area contributed by atoms with E-state index >= 15 is 0 Å². The maximum absolute atomic E-state index is 14.0.